The van der Waals surface area contributed by atoms with Crippen molar-refractivity contribution in [3.8, 4) is 17.2 Å². The standard InChI is InChI=1S/C15H9BCl2O4.C2H7P/c16-13(8-4-5-11-12(6-8)21-7-20-11)15(19)22-14-9(17)2-1-3-10(14)18;1-3-2/h1-6,13H,7H2;3H,1-2H3. The highest BCUT2D eigenvalue weighted by Crippen LogP contribution is 2.36. The molecule has 1 unspecified atom stereocenters. The molecule has 1 heterocycles. The summed E-state index contributed by atoms with van der Waals surface area (Å²) in [5, 5.41) is 0.470. The second-order valence-electron chi connectivity index (χ2n) is 5.06. The van der Waals surface area contributed by atoms with Gasteiger partial charge in [-0.2, -0.15) is 0 Å². The van der Waals surface area contributed by atoms with E-state index in [2.05, 4.69) is 13.3 Å². The molecule has 130 valence electrons. The minimum Gasteiger partial charge on any atom is -0.454 e. The molecule has 4 nitrogen and oxygen atoms in total. The van der Waals surface area contributed by atoms with Crippen LogP contribution >= 0.6 is 31.8 Å². The summed E-state index contributed by atoms with van der Waals surface area (Å²) in [4.78, 5) is 12.2. The van der Waals surface area contributed by atoms with Crippen molar-refractivity contribution in [3.05, 3.63) is 52.0 Å². The van der Waals surface area contributed by atoms with Crippen LogP contribution in [-0.2, 0) is 4.79 Å². The molecule has 8 heteroatoms. The molecule has 0 aromatic heterocycles. The number of benzene rings is 2. The minimum atomic E-state index is -0.998. The van der Waals surface area contributed by atoms with E-state index in [0.29, 0.717) is 17.1 Å². The summed E-state index contributed by atoms with van der Waals surface area (Å²) in [5.41, 5.74) is 0.539. The van der Waals surface area contributed by atoms with Crippen molar-refractivity contribution in [3.63, 3.8) is 0 Å². The Hall–Kier alpha value is -1.42. The van der Waals surface area contributed by atoms with Crippen LogP contribution in [0.4, 0.5) is 0 Å². The van der Waals surface area contributed by atoms with Crippen LogP contribution in [0.3, 0.4) is 0 Å². The van der Waals surface area contributed by atoms with E-state index in [4.69, 9.17) is 45.3 Å². The van der Waals surface area contributed by atoms with Gasteiger partial charge in [0.05, 0.1) is 17.9 Å². The van der Waals surface area contributed by atoms with Gasteiger partial charge in [0.25, 0.3) is 0 Å². The number of hydrogen-bond acceptors (Lipinski definition) is 4. The first-order valence-electron chi connectivity index (χ1n) is 7.37. The van der Waals surface area contributed by atoms with Gasteiger partial charge in [-0.1, -0.05) is 35.3 Å². The van der Waals surface area contributed by atoms with Crippen LogP contribution in [-0.4, -0.2) is 33.9 Å². The summed E-state index contributed by atoms with van der Waals surface area (Å²) in [6.07, 6.45) is 0. The molecule has 0 aliphatic carbocycles. The number of hydrogen-bond donors (Lipinski definition) is 0. The van der Waals surface area contributed by atoms with Gasteiger partial charge in [-0.25, -0.2) is 0 Å². The monoisotopic (exact) mass is 396 g/mol. The van der Waals surface area contributed by atoms with Crippen LogP contribution in [0.25, 0.3) is 0 Å². The Balaban J connectivity index is 0.000000701. The van der Waals surface area contributed by atoms with Crippen molar-refractivity contribution in [2.24, 2.45) is 0 Å². The number of carbonyl (C=O) groups excluding carboxylic acids is 1. The first kappa shape index (κ1) is 19.9. The van der Waals surface area contributed by atoms with Crippen LogP contribution < -0.4 is 14.2 Å². The molecular weight excluding hydrogens is 381 g/mol. The van der Waals surface area contributed by atoms with Crippen molar-refractivity contribution in [1.29, 1.82) is 0 Å². The number of ether oxygens (including phenoxy) is 3. The average molecular weight is 397 g/mol. The lowest BCUT2D eigenvalue weighted by molar-refractivity contribution is -0.134. The molecule has 0 saturated heterocycles. The van der Waals surface area contributed by atoms with Crippen molar-refractivity contribution >= 4 is 45.6 Å². The summed E-state index contributed by atoms with van der Waals surface area (Å²) in [5.74, 6) is -0.433. The number of rotatable bonds is 3. The smallest absolute Gasteiger partial charge is 0.309 e. The van der Waals surface area contributed by atoms with Gasteiger partial charge in [-0.3, -0.25) is 4.79 Å². The largest absolute Gasteiger partial charge is 0.454 e. The first-order chi connectivity index (χ1) is 12.0. The van der Waals surface area contributed by atoms with Crippen LogP contribution in [0.5, 0.6) is 17.2 Å². The van der Waals surface area contributed by atoms with Crippen LogP contribution in [0.2, 0.25) is 10.0 Å². The molecule has 3 rings (SSSR count). The van der Waals surface area contributed by atoms with Gasteiger partial charge in [0.2, 0.25) is 6.79 Å². The summed E-state index contributed by atoms with van der Waals surface area (Å²) in [6, 6.07) is 9.80. The van der Waals surface area contributed by atoms with Gasteiger partial charge in [-0.05, 0) is 43.2 Å². The maximum Gasteiger partial charge on any atom is 0.309 e. The van der Waals surface area contributed by atoms with Gasteiger partial charge >= 0.3 is 5.97 Å². The van der Waals surface area contributed by atoms with Crippen LogP contribution in [0, 0.1) is 0 Å². The lowest BCUT2D eigenvalue weighted by atomic mass is 9.81. The Bertz CT molecular complexity index is 737. The van der Waals surface area contributed by atoms with Crippen LogP contribution in [0.1, 0.15) is 11.4 Å². The normalized spacial score (nSPS) is 12.8. The Labute approximate surface area is 159 Å². The quantitative estimate of drug-likeness (QED) is 0.332. The number of halogens is 2. The third-order valence-corrected chi connectivity index (χ3v) is 3.73. The van der Waals surface area contributed by atoms with Gasteiger partial charge in [0, 0.05) is 5.82 Å². The minimum absolute atomic E-state index is 0.0898. The van der Waals surface area contributed by atoms with Crippen molar-refractivity contribution in [2.45, 2.75) is 5.82 Å². The first-order valence-corrected chi connectivity index (χ1v) is 10.1. The zero-order valence-corrected chi connectivity index (χ0v) is 16.2. The molecule has 1 aliphatic rings. The molecular formula is C17H16BCl2O4P. The Morgan fingerprint density at radius 2 is 1.76 bits per heavy atom. The molecule has 0 bridgehead atoms. The molecule has 0 saturated carbocycles. The molecule has 1 atom stereocenters. The van der Waals surface area contributed by atoms with Gasteiger partial charge in [0.15, 0.2) is 17.2 Å². The second kappa shape index (κ2) is 9.33. The topological polar surface area (TPSA) is 44.8 Å². The lowest BCUT2D eigenvalue weighted by Gasteiger charge is -2.14. The molecule has 2 radical (unpaired) electrons. The van der Waals surface area contributed by atoms with Crippen molar-refractivity contribution in [1.82, 2.24) is 0 Å². The van der Waals surface area contributed by atoms with E-state index in [1.807, 2.05) is 0 Å². The molecule has 1 aliphatic heterocycles. The van der Waals surface area contributed by atoms with E-state index in [1.165, 1.54) is 0 Å². The van der Waals surface area contributed by atoms with E-state index >= 15 is 0 Å². The third-order valence-electron chi connectivity index (χ3n) is 3.13. The summed E-state index contributed by atoms with van der Waals surface area (Å²) in [7, 11) is 7.01. The van der Waals surface area contributed by atoms with E-state index in [9.17, 15) is 4.79 Å². The predicted molar refractivity (Wildman–Crippen MR) is 103 cm³/mol. The fourth-order valence-corrected chi connectivity index (χ4v) is 2.46. The highest BCUT2D eigenvalue weighted by molar-refractivity contribution is 7.35. The number of para-hydroxylation sites is 1. The highest BCUT2D eigenvalue weighted by atomic mass is 35.5. The molecule has 0 spiro atoms. The molecule has 25 heavy (non-hydrogen) atoms. The zero-order chi connectivity index (χ0) is 18.4. The number of esters is 1. The molecule has 2 aromatic rings. The maximum absolute atomic E-state index is 12.2. The van der Waals surface area contributed by atoms with E-state index in [1.54, 1.807) is 36.4 Å². The zero-order valence-electron chi connectivity index (χ0n) is 13.7. The van der Waals surface area contributed by atoms with E-state index in [0.717, 1.165) is 8.58 Å². The molecule has 0 fully saturated rings. The predicted octanol–water partition coefficient (Wildman–Crippen LogP) is 4.46. The second-order valence-corrected chi connectivity index (χ2v) is 6.88. The Kier molecular flexibility index (Phi) is 7.43. The SMILES string of the molecule is CPC.[B]C(C(=O)Oc1c(Cl)cccc1Cl)c1ccc2c(c1)OCO2. The van der Waals surface area contributed by atoms with Crippen LogP contribution in [0.15, 0.2) is 36.4 Å². The third kappa shape index (κ3) is 5.04. The number of fused-ring (bicyclic) bond motifs is 1. The fraction of sp³-hybridized carbons (Fsp3) is 0.235. The molecule has 2 aromatic carbocycles. The van der Waals surface area contributed by atoms with Gasteiger partial charge in [0.1, 0.15) is 0 Å². The van der Waals surface area contributed by atoms with Crippen molar-refractivity contribution in [2.75, 3.05) is 20.1 Å². The van der Waals surface area contributed by atoms with Gasteiger partial charge < -0.3 is 14.2 Å². The molecule has 0 N–H and O–H groups in total. The molecule has 0 amide bonds. The lowest BCUT2D eigenvalue weighted by Crippen LogP contribution is -2.19. The van der Waals surface area contributed by atoms with Gasteiger partial charge in [-0.15, -0.1) is 8.58 Å². The van der Waals surface area contributed by atoms with E-state index in [-0.39, 0.29) is 22.6 Å². The van der Waals surface area contributed by atoms with E-state index < -0.39 is 11.8 Å². The summed E-state index contributed by atoms with van der Waals surface area (Å²) < 4.78 is 15.7. The summed E-state index contributed by atoms with van der Waals surface area (Å²) in [6.45, 7) is 4.45. The highest BCUT2D eigenvalue weighted by Gasteiger charge is 2.22. The Morgan fingerprint density at radius 1 is 1.16 bits per heavy atom. The Morgan fingerprint density at radius 3 is 2.40 bits per heavy atom. The number of carbonyl (C=O) groups is 1. The fourth-order valence-electron chi connectivity index (χ4n) is 1.99. The summed E-state index contributed by atoms with van der Waals surface area (Å²) >= 11 is 11.9. The van der Waals surface area contributed by atoms with Crippen molar-refractivity contribution < 1.29 is 19.0 Å². The maximum atomic E-state index is 12.2. The average Bonchev–Trinajstić information content (AvgIpc) is 3.05.